The molecular weight excluding hydrogens is 380 g/mol. The lowest BCUT2D eigenvalue weighted by molar-refractivity contribution is 0.122. The second kappa shape index (κ2) is 8.95. The number of aromatic nitrogens is 2. The van der Waals surface area contributed by atoms with Crippen LogP contribution in [0.3, 0.4) is 0 Å². The van der Waals surface area contributed by atoms with Crippen molar-refractivity contribution in [1.82, 2.24) is 15.3 Å². The Hall–Kier alpha value is -2.74. The summed E-state index contributed by atoms with van der Waals surface area (Å²) in [5, 5.41) is 2.99. The fourth-order valence-corrected chi connectivity index (χ4v) is 3.87. The minimum Gasteiger partial charge on any atom is -0.378 e. The Labute approximate surface area is 177 Å². The highest BCUT2D eigenvalue weighted by molar-refractivity contribution is 6.11. The first-order valence-corrected chi connectivity index (χ1v) is 10.8. The molecule has 3 aliphatic rings. The lowest BCUT2D eigenvalue weighted by atomic mass is 10.0. The maximum Gasteiger partial charge on any atom is 0.323 e. The Morgan fingerprint density at radius 1 is 1.23 bits per heavy atom. The zero-order valence-corrected chi connectivity index (χ0v) is 18.0. The zero-order chi connectivity index (χ0) is 21.1. The maximum absolute atomic E-state index is 12.8. The van der Waals surface area contributed by atoms with E-state index in [2.05, 4.69) is 28.2 Å². The molecule has 0 radical (unpaired) electrons. The first-order valence-electron chi connectivity index (χ1n) is 10.8. The number of anilines is 2. The van der Waals surface area contributed by atoms with Crippen LogP contribution in [-0.2, 0) is 11.2 Å². The van der Waals surface area contributed by atoms with Gasteiger partial charge in [-0.1, -0.05) is 13.0 Å². The normalized spacial score (nSPS) is 18.8. The van der Waals surface area contributed by atoms with E-state index < -0.39 is 0 Å². The molecule has 30 heavy (non-hydrogen) atoms. The van der Waals surface area contributed by atoms with Crippen LogP contribution in [0.25, 0.3) is 5.57 Å². The Balaban J connectivity index is 1.75. The number of fused-ring (bicyclic) bond motifs is 1. The summed E-state index contributed by atoms with van der Waals surface area (Å²) in [6, 6.07) is -0.0448. The van der Waals surface area contributed by atoms with Gasteiger partial charge in [-0.2, -0.15) is 4.98 Å². The second-order valence-electron chi connectivity index (χ2n) is 8.06. The van der Waals surface area contributed by atoms with Crippen molar-refractivity contribution < 1.29 is 9.53 Å². The minimum absolute atomic E-state index is 0.0665. The van der Waals surface area contributed by atoms with Gasteiger partial charge in [-0.3, -0.25) is 9.89 Å². The largest absolute Gasteiger partial charge is 0.378 e. The van der Waals surface area contributed by atoms with E-state index in [1.807, 2.05) is 26.3 Å². The molecule has 1 aromatic rings. The third kappa shape index (κ3) is 4.23. The van der Waals surface area contributed by atoms with E-state index >= 15 is 0 Å². The lowest BCUT2D eigenvalue weighted by Crippen LogP contribution is -2.43. The molecule has 0 atom stereocenters. The van der Waals surface area contributed by atoms with E-state index in [0.29, 0.717) is 31.5 Å². The molecule has 2 amide bonds. The van der Waals surface area contributed by atoms with Crippen LogP contribution in [0.5, 0.6) is 0 Å². The molecule has 8 heteroatoms. The van der Waals surface area contributed by atoms with Gasteiger partial charge in [0.15, 0.2) is 0 Å². The number of carbonyl (C=O) groups excluding carboxylic acids is 1. The molecule has 1 N–H and O–H groups in total. The van der Waals surface area contributed by atoms with Gasteiger partial charge in [0, 0.05) is 49.2 Å². The molecule has 1 saturated heterocycles. The van der Waals surface area contributed by atoms with Crippen molar-refractivity contribution in [3.63, 3.8) is 0 Å². The minimum atomic E-state index is -0.111. The van der Waals surface area contributed by atoms with Gasteiger partial charge in [-0.05, 0) is 38.7 Å². The number of rotatable bonds is 4. The predicted octanol–water partition coefficient (Wildman–Crippen LogP) is 2.95. The highest BCUT2D eigenvalue weighted by atomic mass is 16.5. The number of amides is 2. The molecular formula is C22H30N6O2. The number of hydrogen-bond donors (Lipinski definition) is 1. The van der Waals surface area contributed by atoms with Gasteiger partial charge in [0.2, 0.25) is 5.95 Å². The Bertz CT molecular complexity index is 899. The number of nitrogens with one attached hydrogen (secondary N) is 1. The fraction of sp³-hybridized carbons (Fsp3) is 0.545. The number of hydrogen-bond acceptors (Lipinski definition) is 6. The van der Waals surface area contributed by atoms with Crippen molar-refractivity contribution in [2.45, 2.75) is 46.1 Å². The molecule has 4 rings (SSSR count). The van der Waals surface area contributed by atoms with Gasteiger partial charge in [0.25, 0.3) is 0 Å². The number of urea groups is 1. The number of ether oxygens (including phenoxy) is 1. The average molecular weight is 411 g/mol. The standard InChI is InChI=1S/C22H30N6O2/c1-4-16-5-6-17(14-23-13-16)19-18-7-8-28(22(29)24-15(2)3)20(18)26-21(25-19)27-9-11-30-12-10-27/h6,13-15H,4-5,7-12H2,1-3H3,(H,24,29). The smallest absolute Gasteiger partial charge is 0.323 e. The summed E-state index contributed by atoms with van der Waals surface area (Å²) in [5.41, 5.74) is 4.19. The van der Waals surface area contributed by atoms with Crippen LogP contribution in [0.2, 0.25) is 0 Å². The molecule has 1 aromatic heterocycles. The summed E-state index contributed by atoms with van der Waals surface area (Å²) in [4.78, 5) is 31.0. The molecule has 0 spiro atoms. The summed E-state index contributed by atoms with van der Waals surface area (Å²) in [6.45, 7) is 9.46. The second-order valence-corrected chi connectivity index (χ2v) is 8.06. The number of morpholine rings is 1. The van der Waals surface area contributed by atoms with Crippen molar-refractivity contribution in [3.05, 3.63) is 29.1 Å². The molecule has 0 unspecified atom stereocenters. The molecule has 1 fully saturated rings. The van der Waals surface area contributed by atoms with E-state index in [1.165, 1.54) is 5.57 Å². The summed E-state index contributed by atoms with van der Waals surface area (Å²) >= 11 is 0. The first kappa shape index (κ1) is 20.5. The fourth-order valence-electron chi connectivity index (χ4n) is 3.87. The van der Waals surface area contributed by atoms with Crippen molar-refractivity contribution in [2.75, 3.05) is 42.6 Å². The SMILES string of the molecule is CCC1=CN=CC(c2nc(N3CCOCC3)nc3c2CCN3C(=O)NC(C)C)=CC1. The summed E-state index contributed by atoms with van der Waals surface area (Å²) < 4.78 is 5.49. The van der Waals surface area contributed by atoms with E-state index in [1.54, 1.807) is 4.90 Å². The summed E-state index contributed by atoms with van der Waals surface area (Å²) in [5.74, 6) is 1.36. The van der Waals surface area contributed by atoms with Crippen molar-refractivity contribution in [1.29, 1.82) is 0 Å². The van der Waals surface area contributed by atoms with Crippen LogP contribution in [-0.4, -0.2) is 61.1 Å². The first-order chi connectivity index (χ1) is 14.6. The van der Waals surface area contributed by atoms with E-state index in [-0.39, 0.29) is 12.1 Å². The summed E-state index contributed by atoms with van der Waals surface area (Å²) in [7, 11) is 0. The monoisotopic (exact) mass is 410 g/mol. The van der Waals surface area contributed by atoms with Crippen LogP contribution in [0, 0.1) is 0 Å². The van der Waals surface area contributed by atoms with Crippen molar-refractivity contribution >= 4 is 29.6 Å². The number of aliphatic imine (C=N–C) groups is 1. The molecule has 3 aliphatic heterocycles. The molecule has 4 heterocycles. The van der Waals surface area contributed by atoms with Crippen LogP contribution in [0.15, 0.2) is 22.8 Å². The highest BCUT2D eigenvalue weighted by Crippen LogP contribution is 2.34. The molecule has 0 aliphatic carbocycles. The molecule has 8 nitrogen and oxygen atoms in total. The average Bonchev–Trinajstić information content (AvgIpc) is 3.03. The van der Waals surface area contributed by atoms with Gasteiger partial charge in [0.05, 0.1) is 18.9 Å². The predicted molar refractivity (Wildman–Crippen MR) is 119 cm³/mol. The molecule has 0 aromatic carbocycles. The quantitative estimate of drug-likeness (QED) is 0.825. The van der Waals surface area contributed by atoms with Crippen LogP contribution >= 0.6 is 0 Å². The third-order valence-electron chi connectivity index (χ3n) is 5.55. The van der Waals surface area contributed by atoms with Gasteiger partial charge in [0.1, 0.15) is 5.82 Å². The number of nitrogens with zero attached hydrogens (tertiary/aromatic N) is 5. The topological polar surface area (TPSA) is 83.0 Å². The van der Waals surface area contributed by atoms with Gasteiger partial charge >= 0.3 is 6.03 Å². The zero-order valence-electron chi connectivity index (χ0n) is 18.0. The van der Waals surface area contributed by atoms with Crippen LogP contribution in [0.4, 0.5) is 16.6 Å². The van der Waals surface area contributed by atoms with Crippen LogP contribution < -0.4 is 15.1 Å². The van der Waals surface area contributed by atoms with Crippen LogP contribution in [0.1, 0.15) is 44.9 Å². The summed E-state index contributed by atoms with van der Waals surface area (Å²) in [6.07, 6.45) is 8.58. The van der Waals surface area contributed by atoms with Gasteiger partial charge in [-0.15, -0.1) is 0 Å². The Kier molecular flexibility index (Phi) is 6.13. The highest BCUT2D eigenvalue weighted by Gasteiger charge is 2.32. The molecule has 0 saturated carbocycles. The van der Waals surface area contributed by atoms with E-state index in [0.717, 1.165) is 49.2 Å². The Morgan fingerprint density at radius 2 is 2.03 bits per heavy atom. The molecule has 160 valence electrons. The van der Waals surface area contributed by atoms with E-state index in [4.69, 9.17) is 14.7 Å². The van der Waals surface area contributed by atoms with Gasteiger partial charge in [-0.25, -0.2) is 9.78 Å². The third-order valence-corrected chi connectivity index (χ3v) is 5.55. The number of allylic oxidation sites excluding steroid dienone is 3. The maximum atomic E-state index is 12.8. The Morgan fingerprint density at radius 3 is 2.77 bits per heavy atom. The van der Waals surface area contributed by atoms with Gasteiger partial charge < -0.3 is 15.0 Å². The number of carbonyl (C=O) groups is 1. The van der Waals surface area contributed by atoms with Crippen molar-refractivity contribution in [3.8, 4) is 0 Å². The van der Waals surface area contributed by atoms with Crippen molar-refractivity contribution in [2.24, 2.45) is 4.99 Å². The lowest BCUT2D eigenvalue weighted by Gasteiger charge is -2.28. The van der Waals surface area contributed by atoms with E-state index in [9.17, 15) is 4.79 Å². The molecule has 0 bridgehead atoms.